The van der Waals surface area contributed by atoms with E-state index in [0.29, 0.717) is 11.4 Å². The third kappa shape index (κ3) is 7.23. The van der Waals surface area contributed by atoms with Crippen LogP contribution in [0.1, 0.15) is 34.6 Å². The lowest BCUT2D eigenvalue weighted by atomic mass is 10.1. The van der Waals surface area contributed by atoms with Crippen molar-refractivity contribution in [1.82, 2.24) is 0 Å². The van der Waals surface area contributed by atoms with Crippen LogP contribution in [0.2, 0.25) is 0 Å². The van der Waals surface area contributed by atoms with E-state index in [4.69, 9.17) is 23.7 Å². The van der Waals surface area contributed by atoms with Crippen molar-refractivity contribution in [3.05, 3.63) is 24.3 Å². The third-order valence-corrected chi connectivity index (χ3v) is 4.12. The fourth-order valence-electron chi connectivity index (χ4n) is 2.94. The largest absolute Gasteiger partial charge is 0.482 e. The summed E-state index contributed by atoms with van der Waals surface area (Å²) in [4.78, 5) is 50.3. The molecule has 1 aliphatic heterocycles. The summed E-state index contributed by atoms with van der Waals surface area (Å²) in [5.74, 6) is -2.35. The normalized spacial score (nSPS) is 17.3. The number of ether oxygens (including phenoxy) is 5. The molecule has 1 amide bonds. The van der Waals surface area contributed by atoms with Gasteiger partial charge in [-0.15, -0.1) is 0 Å². The molecule has 10 heteroatoms. The van der Waals surface area contributed by atoms with Crippen molar-refractivity contribution in [2.75, 3.05) is 31.3 Å². The summed E-state index contributed by atoms with van der Waals surface area (Å²) >= 11 is 0. The van der Waals surface area contributed by atoms with E-state index in [0.717, 1.165) is 6.92 Å². The SMILES string of the molecule is CCOC(=O)COc1cccc(N2CCOC(C(OC(C)=O)C(=O)OC(C)(C)C)C2=O)c1. The smallest absolute Gasteiger partial charge is 0.351 e. The Balaban J connectivity index is 2.20. The average Bonchev–Trinajstić information content (AvgIpc) is 2.70. The van der Waals surface area contributed by atoms with Gasteiger partial charge >= 0.3 is 17.9 Å². The van der Waals surface area contributed by atoms with Gasteiger partial charge in [-0.3, -0.25) is 9.59 Å². The van der Waals surface area contributed by atoms with Gasteiger partial charge in [-0.2, -0.15) is 0 Å². The Morgan fingerprint density at radius 2 is 1.97 bits per heavy atom. The molecule has 1 aromatic rings. The highest BCUT2D eigenvalue weighted by molar-refractivity contribution is 6.01. The Labute approximate surface area is 186 Å². The first-order chi connectivity index (χ1) is 15.0. The van der Waals surface area contributed by atoms with Crippen molar-refractivity contribution in [3.8, 4) is 5.75 Å². The molecule has 0 saturated carbocycles. The fourth-order valence-corrected chi connectivity index (χ4v) is 2.94. The van der Waals surface area contributed by atoms with Gasteiger partial charge < -0.3 is 28.6 Å². The molecular formula is C22H29NO9. The molecule has 0 aliphatic carbocycles. The lowest BCUT2D eigenvalue weighted by Gasteiger charge is -2.35. The Bertz CT molecular complexity index is 846. The monoisotopic (exact) mass is 451 g/mol. The molecule has 2 atom stereocenters. The molecule has 32 heavy (non-hydrogen) atoms. The minimum atomic E-state index is -1.55. The van der Waals surface area contributed by atoms with E-state index in [1.807, 2.05) is 0 Å². The molecule has 0 N–H and O–H groups in total. The zero-order valence-electron chi connectivity index (χ0n) is 18.9. The second-order valence-corrected chi connectivity index (χ2v) is 7.94. The first kappa shape index (κ1) is 25.1. The number of anilines is 1. The Kier molecular flexibility index (Phi) is 8.59. The van der Waals surface area contributed by atoms with Crippen LogP contribution >= 0.6 is 0 Å². The van der Waals surface area contributed by atoms with E-state index in [2.05, 4.69) is 0 Å². The molecule has 0 radical (unpaired) electrons. The molecule has 1 saturated heterocycles. The standard InChI is InChI=1S/C22H29NO9/c1-6-28-17(25)13-30-16-9-7-8-15(12-16)23-10-11-29-18(20(23)26)19(31-14(2)24)21(27)32-22(3,4)5/h7-9,12,18-19H,6,10-11,13H2,1-5H3. The summed E-state index contributed by atoms with van der Waals surface area (Å²) in [6.45, 7) is 8.08. The van der Waals surface area contributed by atoms with Gasteiger partial charge in [0.1, 0.15) is 11.4 Å². The van der Waals surface area contributed by atoms with Gasteiger partial charge in [0, 0.05) is 25.2 Å². The average molecular weight is 451 g/mol. The predicted octanol–water partition coefficient (Wildman–Crippen LogP) is 1.63. The van der Waals surface area contributed by atoms with Crippen LogP contribution in [0, 0.1) is 0 Å². The van der Waals surface area contributed by atoms with Crippen molar-refractivity contribution in [3.63, 3.8) is 0 Å². The number of hydrogen-bond acceptors (Lipinski definition) is 9. The number of nitrogens with zero attached hydrogens (tertiary/aromatic N) is 1. The van der Waals surface area contributed by atoms with Crippen molar-refractivity contribution in [1.29, 1.82) is 0 Å². The molecule has 1 fully saturated rings. The maximum atomic E-state index is 13.2. The molecule has 10 nitrogen and oxygen atoms in total. The van der Waals surface area contributed by atoms with Crippen LogP contribution in [0.3, 0.4) is 0 Å². The van der Waals surface area contributed by atoms with Crippen molar-refractivity contribution < 1.29 is 42.9 Å². The number of carbonyl (C=O) groups is 4. The first-order valence-electron chi connectivity index (χ1n) is 10.2. The number of morpholine rings is 1. The molecule has 1 heterocycles. The Morgan fingerprint density at radius 1 is 1.25 bits per heavy atom. The van der Waals surface area contributed by atoms with E-state index in [1.165, 1.54) is 4.90 Å². The van der Waals surface area contributed by atoms with E-state index in [1.54, 1.807) is 52.0 Å². The molecular weight excluding hydrogens is 422 g/mol. The zero-order valence-corrected chi connectivity index (χ0v) is 18.9. The van der Waals surface area contributed by atoms with Gasteiger partial charge in [0.2, 0.25) is 6.10 Å². The minimum absolute atomic E-state index is 0.102. The summed E-state index contributed by atoms with van der Waals surface area (Å²) in [5, 5.41) is 0. The molecule has 0 aromatic heterocycles. The number of rotatable bonds is 8. The van der Waals surface area contributed by atoms with Crippen molar-refractivity contribution in [2.24, 2.45) is 0 Å². The summed E-state index contributed by atoms with van der Waals surface area (Å²) in [6.07, 6.45) is -2.92. The Hall–Kier alpha value is -3.14. The predicted molar refractivity (Wildman–Crippen MR) is 112 cm³/mol. The molecule has 2 unspecified atom stereocenters. The topological polar surface area (TPSA) is 118 Å². The second kappa shape index (κ2) is 10.9. The van der Waals surface area contributed by atoms with Crippen LogP contribution in [0.5, 0.6) is 5.75 Å². The molecule has 0 spiro atoms. The van der Waals surface area contributed by atoms with Crippen LogP contribution in [0.4, 0.5) is 5.69 Å². The van der Waals surface area contributed by atoms with Gasteiger partial charge in [0.05, 0.1) is 13.2 Å². The molecule has 1 aliphatic rings. The maximum absolute atomic E-state index is 13.2. The number of carbonyl (C=O) groups excluding carboxylic acids is 4. The summed E-state index contributed by atoms with van der Waals surface area (Å²) in [5.41, 5.74) is -0.382. The second-order valence-electron chi connectivity index (χ2n) is 7.94. The van der Waals surface area contributed by atoms with Gasteiger partial charge in [-0.1, -0.05) is 6.07 Å². The highest BCUT2D eigenvalue weighted by Gasteiger charge is 2.44. The molecule has 176 valence electrons. The van der Waals surface area contributed by atoms with Gasteiger partial charge in [0.15, 0.2) is 12.7 Å². The number of hydrogen-bond donors (Lipinski definition) is 0. The van der Waals surface area contributed by atoms with Gasteiger partial charge in [-0.05, 0) is 39.8 Å². The molecule has 1 aromatic carbocycles. The third-order valence-electron chi connectivity index (χ3n) is 4.12. The quantitative estimate of drug-likeness (QED) is 0.429. The highest BCUT2D eigenvalue weighted by Crippen LogP contribution is 2.26. The lowest BCUT2D eigenvalue weighted by molar-refractivity contribution is -0.188. The number of esters is 3. The molecule has 2 rings (SSSR count). The van der Waals surface area contributed by atoms with E-state index in [9.17, 15) is 19.2 Å². The van der Waals surface area contributed by atoms with Crippen LogP contribution in [0.15, 0.2) is 24.3 Å². The van der Waals surface area contributed by atoms with Gasteiger partial charge in [0.25, 0.3) is 5.91 Å². The fraction of sp³-hybridized carbons (Fsp3) is 0.545. The summed E-state index contributed by atoms with van der Waals surface area (Å²) < 4.78 is 26.2. The van der Waals surface area contributed by atoms with E-state index in [-0.39, 0.29) is 26.4 Å². The Morgan fingerprint density at radius 3 is 2.59 bits per heavy atom. The van der Waals surface area contributed by atoms with Crippen LogP contribution < -0.4 is 9.64 Å². The van der Waals surface area contributed by atoms with Crippen LogP contribution in [0.25, 0.3) is 0 Å². The van der Waals surface area contributed by atoms with Crippen molar-refractivity contribution in [2.45, 2.75) is 52.4 Å². The van der Waals surface area contributed by atoms with Crippen molar-refractivity contribution >= 4 is 29.5 Å². The minimum Gasteiger partial charge on any atom is -0.482 e. The first-order valence-corrected chi connectivity index (χ1v) is 10.2. The summed E-state index contributed by atoms with van der Waals surface area (Å²) in [7, 11) is 0. The molecule has 0 bridgehead atoms. The lowest BCUT2D eigenvalue weighted by Crippen LogP contribution is -2.56. The highest BCUT2D eigenvalue weighted by atomic mass is 16.6. The number of amides is 1. The van der Waals surface area contributed by atoms with E-state index >= 15 is 0 Å². The summed E-state index contributed by atoms with van der Waals surface area (Å²) in [6, 6.07) is 6.54. The van der Waals surface area contributed by atoms with Crippen LogP contribution in [-0.4, -0.2) is 68.0 Å². The maximum Gasteiger partial charge on any atom is 0.351 e. The van der Waals surface area contributed by atoms with Crippen LogP contribution in [-0.2, 0) is 38.1 Å². The van der Waals surface area contributed by atoms with E-state index < -0.39 is 41.6 Å². The van der Waals surface area contributed by atoms with Gasteiger partial charge in [-0.25, -0.2) is 9.59 Å². The zero-order chi connectivity index (χ0) is 23.9. The number of benzene rings is 1.